The number of rotatable bonds is 18. The van der Waals surface area contributed by atoms with Gasteiger partial charge in [-0.3, -0.25) is 38.5 Å². The molecule has 2 fully saturated rings. The first-order valence-corrected chi connectivity index (χ1v) is 19.4. The third-order valence-corrected chi connectivity index (χ3v) is 10.6. The van der Waals surface area contributed by atoms with E-state index in [1.807, 2.05) is 27.7 Å². The SMILES string of the molecule is CCCC[C@@H](C)C[C@@H](C)C(=O)N(C)[C@@H](CC(C)C)C(=O)N[C@H](C(=O)N(C)[C@H](C(=O)N1CCC[C@H]1C(=O)N1C(=O)CC[C@@H]1C)C(C)C)[C@@H](C)OC(C)=O. The molecule has 8 atom stereocenters. The van der Waals surface area contributed by atoms with Gasteiger partial charge in [0.05, 0.1) is 0 Å². The Morgan fingerprint density at radius 1 is 0.923 bits per heavy atom. The maximum absolute atomic E-state index is 14.4. The zero-order chi connectivity index (χ0) is 39.6. The van der Waals surface area contributed by atoms with Crippen molar-refractivity contribution >= 4 is 41.4 Å². The Morgan fingerprint density at radius 3 is 2.08 bits per heavy atom. The molecule has 0 saturated carbocycles. The number of esters is 1. The minimum Gasteiger partial charge on any atom is -0.460 e. The van der Waals surface area contributed by atoms with Gasteiger partial charge in [-0.05, 0) is 63.7 Å². The minimum absolute atomic E-state index is 0.0328. The Kier molecular flexibility index (Phi) is 17.2. The second-order valence-corrected chi connectivity index (χ2v) is 16.1. The number of nitrogens with zero attached hydrogens (tertiary/aromatic N) is 4. The highest BCUT2D eigenvalue weighted by Gasteiger charge is 2.46. The highest BCUT2D eigenvalue weighted by Crippen LogP contribution is 2.28. The summed E-state index contributed by atoms with van der Waals surface area (Å²) in [6, 6.07) is -4.37. The van der Waals surface area contributed by atoms with Gasteiger partial charge < -0.3 is 24.8 Å². The van der Waals surface area contributed by atoms with Gasteiger partial charge in [0.2, 0.25) is 29.5 Å². The van der Waals surface area contributed by atoms with E-state index in [0.717, 1.165) is 19.3 Å². The summed E-state index contributed by atoms with van der Waals surface area (Å²) in [7, 11) is 3.07. The Labute approximate surface area is 311 Å². The van der Waals surface area contributed by atoms with Crippen molar-refractivity contribution in [1.29, 1.82) is 0 Å². The molecule has 2 aliphatic heterocycles. The first-order valence-electron chi connectivity index (χ1n) is 19.4. The standard InChI is InChI=1S/C39H67N5O8/c1-13-14-16-25(6)22-26(7)36(48)41(11)31(21-23(2)3)35(47)40-33(28(9)52-29(10)45)38(50)42(12)34(24(4)5)39(51)43-20-15-17-30(43)37(49)44-27(8)18-19-32(44)46/h23-28,30-31,33-34H,13-22H2,1-12H3,(H,40,47)/t25-,26-,27+,28-,30+,31+,33+,34+/m1/s1. The predicted octanol–water partition coefficient (Wildman–Crippen LogP) is 4.16. The number of unbranched alkanes of at least 4 members (excludes halogenated alkanes) is 1. The summed E-state index contributed by atoms with van der Waals surface area (Å²) in [5.74, 6) is -3.45. The van der Waals surface area contributed by atoms with Crippen molar-refractivity contribution < 1.29 is 38.3 Å². The fourth-order valence-electron chi connectivity index (χ4n) is 7.76. The van der Waals surface area contributed by atoms with Gasteiger partial charge in [0.1, 0.15) is 30.3 Å². The van der Waals surface area contributed by atoms with E-state index in [0.29, 0.717) is 44.6 Å². The summed E-state index contributed by atoms with van der Waals surface area (Å²) in [5, 5.41) is 2.80. The van der Waals surface area contributed by atoms with Gasteiger partial charge in [0, 0.05) is 45.9 Å². The summed E-state index contributed by atoms with van der Waals surface area (Å²) < 4.78 is 5.43. The molecule has 0 bridgehead atoms. The lowest BCUT2D eigenvalue weighted by Crippen LogP contribution is -2.62. The average molecular weight is 734 g/mol. The predicted molar refractivity (Wildman–Crippen MR) is 198 cm³/mol. The van der Waals surface area contributed by atoms with E-state index in [-0.39, 0.29) is 36.1 Å². The Morgan fingerprint density at radius 2 is 1.56 bits per heavy atom. The zero-order valence-electron chi connectivity index (χ0n) is 33.9. The number of carbonyl (C=O) groups excluding carboxylic acids is 7. The molecule has 296 valence electrons. The molecule has 2 aliphatic rings. The normalized spacial score (nSPS) is 21.0. The second-order valence-electron chi connectivity index (χ2n) is 16.1. The van der Waals surface area contributed by atoms with Gasteiger partial charge in [0.25, 0.3) is 5.91 Å². The lowest BCUT2D eigenvalue weighted by molar-refractivity contribution is -0.157. The van der Waals surface area contributed by atoms with Crippen molar-refractivity contribution in [3.63, 3.8) is 0 Å². The summed E-state index contributed by atoms with van der Waals surface area (Å²) in [4.78, 5) is 100. The number of ether oxygens (including phenoxy) is 1. The summed E-state index contributed by atoms with van der Waals surface area (Å²) in [6.45, 7) is 18.4. The molecular weight excluding hydrogens is 666 g/mol. The fourth-order valence-corrected chi connectivity index (χ4v) is 7.76. The van der Waals surface area contributed by atoms with Gasteiger partial charge in [-0.25, -0.2) is 0 Å². The number of hydrogen-bond acceptors (Lipinski definition) is 8. The van der Waals surface area contributed by atoms with Crippen molar-refractivity contribution in [1.82, 2.24) is 24.9 Å². The maximum atomic E-state index is 14.4. The first kappa shape index (κ1) is 44.7. The van der Waals surface area contributed by atoms with Crippen LogP contribution in [0.2, 0.25) is 0 Å². The highest BCUT2D eigenvalue weighted by molar-refractivity contribution is 6.02. The molecule has 0 aromatic rings. The van der Waals surface area contributed by atoms with Crippen LogP contribution >= 0.6 is 0 Å². The van der Waals surface area contributed by atoms with Crippen LogP contribution in [0, 0.1) is 23.7 Å². The molecule has 0 spiro atoms. The minimum atomic E-state index is -1.38. The van der Waals surface area contributed by atoms with Crippen LogP contribution < -0.4 is 5.32 Å². The molecule has 2 saturated heterocycles. The third kappa shape index (κ3) is 11.5. The third-order valence-electron chi connectivity index (χ3n) is 10.6. The Balaban J connectivity index is 2.38. The summed E-state index contributed by atoms with van der Waals surface area (Å²) in [5.41, 5.74) is 0. The molecule has 52 heavy (non-hydrogen) atoms. The van der Waals surface area contributed by atoms with E-state index in [4.69, 9.17) is 4.74 Å². The van der Waals surface area contributed by atoms with Crippen LogP contribution in [0.1, 0.15) is 127 Å². The van der Waals surface area contributed by atoms with Crippen LogP contribution in [0.25, 0.3) is 0 Å². The van der Waals surface area contributed by atoms with Crippen LogP contribution in [0.15, 0.2) is 0 Å². The Bertz CT molecular complexity index is 1290. The molecule has 13 nitrogen and oxygen atoms in total. The van der Waals surface area contributed by atoms with E-state index in [9.17, 15) is 33.6 Å². The quantitative estimate of drug-likeness (QED) is 0.163. The van der Waals surface area contributed by atoms with Crippen molar-refractivity contribution in [2.45, 2.75) is 163 Å². The molecule has 0 unspecified atom stereocenters. The molecular formula is C39H67N5O8. The van der Waals surface area contributed by atoms with Crippen molar-refractivity contribution in [3.8, 4) is 0 Å². The number of carbonyl (C=O) groups is 7. The number of imide groups is 1. The molecule has 2 heterocycles. The lowest BCUT2D eigenvalue weighted by Gasteiger charge is -2.38. The van der Waals surface area contributed by atoms with E-state index in [2.05, 4.69) is 19.2 Å². The van der Waals surface area contributed by atoms with Crippen molar-refractivity contribution in [2.75, 3.05) is 20.6 Å². The summed E-state index contributed by atoms with van der Waals surface area (Å²) >= 11 is 0. The monoisotopic (exact) mass is 733 g/mol. The smallest absolute Gasteiger partial charge is 0.302 e. The number of amides is 6. The van der Waals surface area contributed by atoms with Crippen LogP contribution in [-0.4, -0.2) is 118 Å². The summed E-state index contributed by atoms with van der Waals surface area (Å²) in [6.07, 6.45) is 4.93. The number of nitrogens with one attached hydrogen (secondary N) is 1. The van der Waals surface area contributed by atoms with Gasteiger partial charge in [-0.1, -0.05) is 67.7 Å². The van der Waals surface area contributed by atoms with Crippen LogP contribution in [0.3, 0.4) is 0 Å². The number of likely N-dealkylation sites (N-methyl/N-ethyl adjacent to an activating group) is 2. The van der Waals surface area contributed by atoms with Crippen molar-refractivity contribution in [2.24, 2.45) is 23.7 Å². The van der Waals surface area contributed by atoms with Gasteiger partial charge >= 0.3 is 5.97 Å². The molecule has 0 aromatic carbocycles. The maximum Gasteiger partial charge on any atom is 0.302 e. The second kappa shape index (κ2) is 20.1. The van der Waals surface area contributed by atoms with E-state index >= 15 is 0 Å². The molecule has 1 N–H and O–H groups in total. The molecule has 13 heteroatoms. The number of likely N-dealkylation sites (tertiary alicyclic amines) is 2. The van der Waals surface area contributed by atoms with E-state index in [1.54, 1.807) is 20.9 Å². The Hall–Kier alpha value is -3.51. The fraction of sp³-hybridized carbons (Fsp3) is 0.821. The van der Waals surface area contributed by atoms with Gasteiger partial charge in [0.15, 0.2) is 0 Å². The first-order chi connectivity index (χ1) is 24.2. The van der Waals surface area contributed by atoms with Crippen LogP contribution in [-0.2, 0) is 38.3 Å². The van der Waals surface area contributed by atoms with E-state index < -0.39 is 65.8 Å². The molecule has 0 aromatic heterocycles. The zero-order valence-corrected chi connectivity index (χ0v) is 33.9. The molecule has 0 radical (unpaired) electrons. The number of hydrogen-bond donors (Lipinski definition) is 1. The van der Waals surface area contributed by atoms with E-state index in [1.165, 1.54) is 40.5 Å². The molecule has 0 aliphatic carbocycles. The topological polar surface area (TPSA) is 154 Å². The molecule has 2 rings (SSSR count). The lowest BCUT2D eigenvalue weighted by atomic mass is 9.91. The average Bonchev–Trinajstić information content (AvgIpc) is 3.69. The van der Waals surface area contributed by atoms with Gasteiger partial charge in [-0.15, -0.1) is 0 Å². The van der Waals surface area contributed by atoms with Gasteiger partial charge in [-0.2, -0.15) is 0 Å². The van der Waals surface area contributed by atoms with Crippen LogP contribution in [0.5, 0.6) is 0 Å². The molecule has 6 amide bonds. The van der Waals surface area contributed by atoms with Crippen molar-refractivity contribution in [3.05, 3.63) is 0 Å². The van der Waals surface area contributed by atoms with Crippen LogP contribution in [0.4, 0.5) is 0 Å². The highest BCUT2D eigenvalue weighted by atomic mass is 16.5. The largest absolute Gasteiger partial charge is 0.460 e.